The number of ether oxygens (including phenoxy) is 2. The van der Waals surface area contributed by atoms with Gasteiger partial charge < -0.3 is 9.47 Å². The molecule has 0 atom stereocenters. The van der Waals surface area contributed by atoms with Crippen LogP contribution in [0.4, 0.5) is 5.69 Å². The van der Waals surface area contributed by atoms with Crippen molar-refractivity contribution in [1.29, 1.82) is 0 Å². The van der Waals surface area contributed by atoms with Gasteiger partial charge in [0.15, 0.2) is 5.70 Å². The van der Waals surface area contributed by atoms with Gasteiger partial charge in [-0.15, -0.1) is 0 Å². The highest BCUT2D eigenvalue weighted by molar-refractivity contribution is 6.13. The fourth-order valence-corrected chi connectivity index (χ4v) is 3.23. The average molecular weight is 428 g/mol. The number of carbonyl (C=O) groups excluding carboxylic acids is 1. The van der Waals surface area contributed by atoms with E-state index in [0.29, 0.717) is 23.5 Å². The Bertz CT molecular complexity index is 1260. The molecule has 7 nitrogen and oxygen atoms in total. The predicted molar refractivity (Wildman–Crippen MR) is 120 cm³/mol. The molecule has 1 heterocycles. The molecular formula is C25H20N2O5. The summed E-state index contributed by atoms with van der Waals surface area (Å²) < 4.78 is 11.1. The van der Waals surface area contributed by atoms with Crippen molar-refractivity contribution < 1.29 is 19.2 Å². The molecule has 7 heteroatoms. The molecule has 4 rings (SSSR count). The summed E-state index contributed by atoms with van der Waals surface area (Å²) in [5.74, 6) is 0.203. The molecule has 0 unspecified atom stereocenters. The summed E-state index contributed by atoms with van der Waals surface area (Å²) >= 11 is 0. The first-order chi connectivity index (χ1) is 15.4. The van der Waals surface area contributed by atoms with Crippen LogP contribution in [0.3, 0.4) is 0 Å². The SMILES string of the molecule is Cc1ccc(COc2cccc(/C=C3\N=C(c4ccc([N+](=O)[O-])c(C)c4)OC3=O)c2)cc1. The second kappa shape index (κ2) is 8.85. The van der Waals surface area contributed by atoms with Crippen LogP contribution in [0.15, 0.2) is 77.4 Å². The minimum atomic E-state index is -0.581. The number of cyclic esters (lactones) is 1. The average Bonchev–Trinajstić information content (AvgIpc) is 3.13. The molecule has 0 aliphatic carbocycles. The van der Waals surface area contributed by atoms with Gasteiger partial charge in [-0.2, -0.15) is 0 Å². The van der Waals surface area contributed by atoms with E-state index in [1.165, 1.54) is 17.7 Å². The highest BCUT2D eigenvalue weighted by atomic mass is 16.6. The predicted octanol–water partition coefficient (Wildman–Crippen LogP) is 5.14. The van der Waals surface area contributed by atoms with Crippen LogP contribution in [-0.2, 0) is 16.1 Å². The quantitative estimate of drug-likeness (QED) is 0.235. The fraction of sp³-hybridized carbons (Fsp3) is 0.120. The van der Waals surface area contributed by atoms with E-state index in [9.17, 15) is 14.9 Å². The summed E-state index contributed by atoms with van der Waals surface area (Å²) in [5.41, 5.74) is 4.09. The fourth-order valence-electron chi connectivity index (χ4n) is 3.23. The van der Waals surface area contributed by atoms with Crippen LogP contribution in [0.2, 0.25) is 0 Å². The lowest BCUT2D eigenvalue weighted by molar-refractivity contribution is -0.385. The van der Waals surface area contributed by atoms with Crippen LogP contribution in [0.5, 0.6) is 5.75 Å². The smallest absolute Gasteiger partial charge is 0.363 e. The third kappa shape index (κ3) is 4.73. The second-order valence-corrected chi connectivity index (χ2v) is 7.44. The van der Waals surface area contributed by atoms with Crippen LogP contribution in [0.1, 0.15) is 27.8 Å². The number of esters is 1. The molecule has 0 bridgehead atoms. The maximum absolute atomic E-state index is 12.3. The molecule has 0 radical (unpaired) electrons. The number of benzene rings is 3. The molecule has 0 saturated heterocycles. The van der Waals surface area contributed by atoms with Crippen molar-refractivity contribution in [3.63, 3.8) is 0 Å². The molecule has 0 spiro atoms. The Balaban J connectivity index is 1.52. The zero-order valence-corrected chi connectivity index (χ0v) is 17.6. The Labute approximate surface area is 184 Å². The summed E-state index contributed by atoms with van der Waals surface area (Å²) in [4.78, 5) is 27.1. The Hall–Kier alpha value is -4.26. The van der Waals surface area contributed by atoms with E-state index < -0.39 is 10.9 Å². The maximum atomic E-state index is 12.3. The molecule has 0 saturated carbocycles. The zero-order chi connectivity index (χ0) is 22.7. The molecule has 3 aromatic carbocycles. The molecule has 32 heavy (non-hydrogen) atoms. The van der Waals surface area contributed by atoms with Crippen LogP contribution in [-0.4, -0.2) is 16.8 Å². The Kier molecular flexibility index (Phi) is 5.81. The molecule has 0 N–H and O–H groups in total. The number of hydrogen-bond donors (Lipinski definition) is 0. The molecule has 160 valence electrons. The van der Waals surface area contributed by atoms with Crippen LogP contribution in [0, 0.1) is 24.0 Å². The van der Waals surface area contributed by atoms with Crippen molar-refractivity contribution >= 4 is 23.6 Å². The standard InChI is InChI=1S/C25H20N2O5/c1-16-6-8-18(9-7-16)15-31-21-5-3-4-19(13-21)14-22-25(28)32-24(26-22)20-10-11-23(27(29)30)17(2)12-20/h3-14H,15H2,1-2H3/b22-14-. The Morgan fingerprint density at radius 2 is 1.84 bits per heavy atom. The van der Waals surface area contributed by atoms with Gasteiger partial charge in [-0.1, -0.05) is 42.0 Å². The first kappa shape index (κ1) is 21.0. The first-order valence-electron chi connectivity index (χ1n) is 9.95. The van der Waals surface area contributed by atoms with Gasteiger partial charge in [0, 0.05) is 17.2 Å². The summed E-state index contributed by atoms with van der Waals surface area (Å²) in [6, 6.07) is 19.9. The number of aryl methyl sites for hydroxylation is 2. The van der Waals surface area contributed by atoms with Gasteiger partial charge in [0.25, 0.3) is 5.69 Å². The van der Waals surface area contributed by atoms with Crippen LogP contribution in [0.25, 0.3) is 6.08 Å². The van der Waals surface area contributed by atoms with Gasteiger partial charge in [-0.05, 0) is 55.3 Å². The molecule has 0 amide bonds. The van der Waals surface area contributed by atoms with Gasteiger partial charge in [-0.3, -0.25) is 10.1 Å². The summed E-state index contributed by atoms with van der Waals surface area (Å²) in [5, 5.41) is 11.0. The van der Waals surface area contributed by atoms with E-state index in [2.05, 4.69) is 4.99 Å². The van der Waals surface area contributed by atoms with Gasteiger partial charge in [0.1, 0.15) is 12.4 Å². The second-order valence-electron chi connectivity index (χ2n) is 7.44. The lowest BCUT2D eigenvalue weighted by Gasteiger charge is -2.07. The monoisotopic (exact) mass is 428 g/mol. The molecule has 0 fully saturated rings. The summed E-state index contributed by atoms with van der Waals surface area (Å²) in [7, 11) is 0. The number of nitrogens with zero attached hydrogens (tertiary/aromatic N) is 2. The molecule has 1 aliphatic rings. The number of rotatable bonds is 6. The molecule has 1 aliphatic heterocycles. The molecule has 0 aromatic heterocycles. The minimum Gasteiger partial charge on any atom is -0.489 e. The van der Waals surface area contributed by atoms with Crippen LogP contribution < -0.4 is 4.74 Å². The van der Waals surface area contributed by atoms with E-state index in [0.717, 1.165) is 11.1 Å². The lowest BCUT2D eigenvalue weighted by Crippen LogP contribution is -2.06. The highest BCUT2D eigenvalue weighted by Crippen LogP contribution is 2.24. The van der Waals surface area contributed by atoms with E-state index in [1.807, 2.05) is 55.5 Å². The number of carbonyl (C=O) groups is 1. The van der Waals surface area contributed by atoms with Gasteiger partial charge in [0.05, 0.1) is 4.92 Å². The maximum Gasteiger partial charge on any atom is 0.363 e. The summed E-state index contributed by atoms with van der Waals surface area (Å²) in [6.45, 7) is 4.09. The van der Waals surface area contributed by atoms with Crippen molar-refractivity contribution in [2.24, 2.45) is 4.99 Å². The Morgan fingerprint density at radius 1 is 1.06 bits per heavy atom. The van der Waals surface area contributed by atoms with E-state index in [4.69, 9.17) is 9.47 Å². The highest BCUT2D eigenvalue weighted by Gasteiger charge is 2.25. The zero-order valence-electron chi connectivity index (χ0n) is 17.6. The lowest BCUT2D eigenvalue weighted by atomic mass is 10.1. The van der Waals surface area contributed by atoms with Gasteiger partial charge in [0.2, 0.25) is 5.90 Å². The largest absolute Gasteiger partial charge is 0.489 e. The third-order valence-electron chi connectivity index (χ3n) is 4.95. The van der Waals surface area contributed by atoms with E-state index >= 15 is 0 Å². The van der Waals surface area contributed by atoms with Crippen LogP contribution >= 0.6 is 0 Å². The topological polar surface area (TPSA) is 91.0 Å². The number of nitro benzene ring substituents is 1. The number of hydrogen-bond acceptors (Lipinski definition) is 6. The number of aliphatic imine (C=N–C) groups is 1. The third-order valence-corrected chi connectivity index (χ3v) is 4.95. The minimum absolute atomic E-state index is 0.00288. The van der Waals surface area contributed by atoms with Gasteiger partial charge >= 0.3 is 5.97 Å². The van der Waals surface area contributed by atoms with Crippen molar-refractivity contribution in [2.75, 3.05) is 0 Å². The first-order valence-corrected chi connectivity index (χ1v) is 9.95. The van der Waals surface area contributed by atoms with E-state index in [1.54, 1.807) is 19.1 Å². The summed E-state index contributed by atoms with van der Waals surface area (Å²) in [6.07, 6.45) is 1.62. The molecule has 3 aromatic rings. The van der Waals surface area contributed by atoms with E-state index in [-0.39, 0.29) is 17.3 Å². The normalized spacial score (nSPS) is 14.2. The van der Waals surface area contributed by atoms with Crippen molar-refractivity contribution in [3.05, 3.63) is 110 Å². The van der Waals surface area contributed by atoms with Crippen molar-refractivity contribution in [1.82, 2.24) is 0 Å². The molecular weight excluding hydrogens is 408 g/mol. The van der Waals surface area contributed by atoms with Gasteiger partial charge in [-0.25, -0.2) is 9.79 Å². The van der Waals surface area contributed by atoms with Crippen molar-refractivity contribution in [2.45, 2.75) is 20.5 Å². The Morgan fingerprint density at radius 3 is 2.56 bits per heavy atom. The van der Waals surface area contributed by atoms with Crippen molar-refractivity contribution in [3.8, 4) is 5.75 Å². The number of nitro groups is 1.